The van der Waals surface area contributed by atoms with Crippen molar-refractivity contribution in [3.8, 4) is 5.69 Å². The first-order valence-electron chi connectivity index (χ1n) is 9.20. The summed E-state index contributed by atoms with van der Waals surface area (Å²) in [6.45, 7) is 3.57. The summed E-state index contributed by atoms with van der Waals surface area (Å²) in [5, 5.41) is 4.16. The van der Waals surface area contributed by atoms with E-state index in [1.165, 1.54) is 12.1 Å². The third kappa shape index (κ3) is 5.30. The van der Waals surface area contributed by atoms with Gasteiger partial charge in [0.2, 0.25) is 10.0 Å². The molecule has 0 saturated carbocycles. The number of benzene rings is 2. The highest BCUT2D eigenvalue weighted by atomic mass is 32.2. The highest BCUT2D eigenvalue weighted by molar-refractivity contribution is 7.89. The Kier molecular flexibility index (Phi) is 6.46. The highest BCUT2D eigenvalue weighted by Gasteiger charge is 2.29. The summed E-state index contributed by atoms with van der Waals surface area (Å²) in [6, 6.07) is 16.2. The van der Waals surface area contributed by atoms with Crippen LogP contribution < -0.4 is 4.72 Å². The molecule has 29 heavy (non-hydrogen) atoms. The molecule has 0 spiro atoms. The van der Waals surface area contributed by atoms with Crippen molar-refractivity contribution >= 4 is 16.0 Å². The molecule has 0 fully saturated rings. The third-order valence-electron chi connectivity index (χ3n) is 4.34. The van der Waals surface area contributed by atoms with Crippen LogP contribution in [0.1, 0.15) is 19.4 Å². The number of rotatable bonds is 8. The van der Waals surface area contributed by atoms with Crippen molar-refractivity contribution < 1.29 is 17.9 Å². The lowest BCUT2D eigenvalue weighted by molar-refractivity contribution is -0.148. The van der Waals surface area contributed by atoms with Crippen LogP contribution in [0.25, 0.3) is 5.69 Å². The summed E-state index contributed by atoms with van der Waals surface area (Å²) in [5.41, 5.74) is 1.68. The molecular formula is C21H23N3O4S. The van der Waals surface area contributed by atoms with Gasteiger partial charge in [0.05, 0.1) is 10.6 Å². The van der Waals surface area contributed by atoms with Gasteiger partial charge < -0.3 is 4.74 Å². The normalized spacial score (nSPS) is 12.7. The number of hydrogen-bond acceptors (Lipinski definition) is 5. The molecule has 3 rings (SSSR count). The summed E-state index contributed by atoms with van der Waals surface area (Å²) in [6.07, 6.45) is 3.53. The molecule has 1 aromatic heterocycles. The molecule has 0 aliphatic carbocycles. The van der Waals surface area contributed by atoms with Crippen LogP contribution in [0.4, 0.5) is 0 Å². The van der Waals surface area contributed by atoms with Crippen LogP contribution in [0.5, 0.6) is 0 Å². The van der Waals surface area contributed by atoms with Crippen LogP contribution in [0, 0.1) is 5.92 Å². The molecule has 0 amide bonds. The van der Waals surface area contributed by atoms with Gasteiger partial charge in [0.1, 0.15) is 12.6 Å². The predicted octanol–water partition coefficient (Wildman–Crippen LogP) is 2.92. The van der Waals surface area contributed by atoms with Gasteiger partial charge in [-0.15, -0.1) is 0 Å². The largest absolute Gasteiger partial charge is 0.460 e. The molecule has 0 aliphatic rings. The van der Waals surface area contributed by atoms with E-state index in [1.54, 1.807) is 42.9 Å². The Bertz CT molecular complexity index is 1030. The molecule has 2 aromatic carbocycles. The molecule has 8 heteroatoms. The molecule has 1 heterocycles. The van der Waals surface area contributed by atoms with Crippen molar-refractivity contribution in [1.29, 1.82) is 0 Å². The fourth-order valence-electron chi connectivity index (χ4n) is 2.70. The van der Waals surface area contributed by atoms with Crippen LogP contribution in [-0.4, -0.2) is 30.2 Å². The number of carbonyl (C=O) groups excluding carboxylic acids is 1. The first kappa shape index (κ1) is 20.8. The minimum atomic E-state index is -3.82. The van der Waals surface area contributed by atoms with Gasteiger partial charge in [0, 0.05) is 12.4 Å². The predicted molar refractivity (Wildman–Crippen MR) is 109 cm³/mol. The third-order valence-corrected chi connectivity index (χ3v) is 5.80. The van der Waals surface area contributed by atoms with Crippen LogP contribution >= 0.6 is 0 Å². The number of sulfonamides is 1. The number of esters is 1. The quantitative estimate of drug-likeness (QED) is 0.574. The molecule has 0 aliphatic heterocycles. The maximum atomic E-state index is 12.6. The number of carbonyl (C=O) groups is 1. The topological polar surface area (TPSA) is 90.3 Å². The first-order chi connectivity index (χ1) is 13.9. The Morgan fingerprint density at radius 1 is 1.07 bits per heavy atom. The Morgan fingerprint density at radius 3 is 2.34 bits per heavy atom. The molecule has 0 radical (unpaired) electrons. The number of nitrogens with one attached hydrogen (secondary N) is 1. The van der Waals surface area contributed by atoms with Gasteiger partial charge in [-0.25, -0.2) is 13.1 Å². The summed E-state index contributed by atoms with van der Waals surface area (Å²) in [7, 11) is -3.82. The first-order valence-corrected chi connectivity index (χ1v) is 10.7. The molecule has 7 nitrogen and oxygen atoms in total. The average molecular weight is 413 g/mol. The highest BCUT2D eigenvalue weighted by Crippen LogP contribution is 2.14. The maximum absolute atomic E-state index is 12.6. The van der Waals surface area contributed by atoms with Crippen molar-refractivity contribution in [2.75, 3.05) is 0 Å². The second-order valence-corrected chi connectivity index (χ2v) is 8.59. The van der Waals surface area contributed by atoms with E-state index in [4.69, 9.17) is 4.74 Å². The smallest absolute Gasteiger partial charge is 0.324 e. The number of ether oxygens (including phenoxy) is 1. The van der Waals surface area contributed by atoms with Crippen LogP contribution in [0.15, 0.2) is 78.0 Å². The van der Waals surface area contributed by atoms with Gasteiger partial charge in [-0.05, 0) is 41.8 Å². The maximum Gasteiger partial charge on any atom is 0.324 e. The van der Waals surface area contributed by atoms with E-state index in [-0.39, 0.29) is 17.4 Å². The minimum absolute atomic E-state index is 0.0501. The summed E-state index contributed by atoms with van der Waals surface area (Å²) in [5.74, 6) is -0.890. The van der Waals surface area contributed by atoms with Crippen molar-refractivity contribution in [2.24, 2.45) is 5.92 Å². The molecule has 0 bridgehead atoms. The van der Waals surface area contributed by atoms with Crippen LogP contribution in [0.3, 0.4) is 0 Å². The number of aromatic nitrogens is 2. The van der Waals surface area contributed by atoms with Crippen molar-refractivity contribution in [3.05, 3.63) is 78.6 Å². The van der Waals surface area contributed by atoms with Crippen LogP contribution in [-0.2, 0) is 26.2 Å². The molecule has 3 aromatic rings. The van der Waals surface area contributed by atoms with E-state index in [0.29, 0.717) is 0 Å². The zero-order valence-corrected chi connectivity index (χ0v) is 17.0. The summed E-state index contributed by atoms with van der Waals surface area (Å²) >= 11 is 0. The zero-order chi connectivity index (χ0) is 20.9. The van der Waals surface area contributed by atoms with Gasteiger partial charge in [-0.3, -0.25) is 4.79 Å². The Balaban J connectivity index is 1.64. The molecule has 1 N–H and O–H groups in total. The van der Waals surface area contributed by atoms with E-state index in [0.717, 1.165) is 11.3 Å². The summed E-state index contributed by atoms with van der Waals surface area (Å²) < 4.78 is 34.7. The van der Waals surface area contributed by atoms with Crippen molar-refractivity contribution in [1.82, 2.24) is 14.5 Å². The van der Waals surface area contributed by atoms with Crippen molar-refractivity contribution in [3.63, 3.8) is 0 Å². The van der Waals surface area contributed by atoms with E-state index in [2.05, 4.69) is 9.82 Å². The lowest BCUT2D eigenvalue weighted by atomic mass is 10.1. The average Bonchev–Trinajstić information content (AvgIpc) is 3.26. The fraction of sp³-hybridized carbons (Fsp3) is 0.238. The lowest BCUT2D eigenvalue weighted by Gasteiger charge is -2.21. The van der Waals surface area contributed by atoms with Crippen LogP contribution in [0.2, 0.25) is 0 Å². The second-order valence-electron chi connectivity index (χ2n) is 6.88. The Morgan fingerprint density at radius 2 is 1.76 bits per heavy atom. The molecule has 1 atom stereocenters. The van der Waals surface area contributed by atoms with E-state index in [9.17, 15) is 13.2 Å². The second kappa shape index (κ2) is 9.02. The van der Waals surface area contributed by atoms with Gasteiger partial charge in [-0.1, -0.05) is 44.2 Å². The van der Waals surface area contributed by atoms with Gasteiger partial charge in [0.15, 0.2) is 0 Å². The SMILES string of the molecule is CC(C)[C@@H](NS(=O)(=O)c1ccccc1)C(=O)OCc1ccc(-n2cccn2)cc1. The molecular weight excluding hydrogens is 390 g/mol. The zero-order valence-electron chi connectivity index (χ0n) is 16.2. The van der Waals surface area contributed by atoms with E-state index >= 15 is 0 Å². The monoisotopic (exact) mass is 413 g/mol. The Labute approximate surface area is 170 Å². The van der Waals surface area contributed by atoms with Gasteiger partial charge >= 0.3 is 5.97 Å². The molecule has 0 unspecified atom stereocenters. The fourth-order valence-corrected chi connectivity index (χ4v) is 4.06. The van der Waals surface area contributed by atoms with E-state index < -0.39 is 22.0 Å². The van der Waals surface area contributed by atoms with Crippen molar-refractivity contribution in [2.45, 2.75) is 31.4 Å². The number of hydrogen-bond donors (Lipinski definition) is 1. The van der Waals surface area contributed by atoms with Gasteiger partial charge in [0.25, 0.3) is 0 Å². The number of nitrogens with zero attached hydrogens (tertiary/aromatic N) is 2. The molecule has 0 saturated heterocycles. The minimum Gasteiger partial charge on any atom is -0.460 e. The standard InChI is InChI=1S/C21H23N3O4S/c1-16(2)20(23-29(26,27)19-7-4-3-5-8-19)21(25)28-15-17-9-11-18(12-10-17)24-14-6-13-22-24/h3-14,16,20,23H,15H2,1-2H3/t20-/m1/s1. The van der Waals surface area contributed by atoms with E-state index in [1.807, 2.05) is 36.5 Å². The molecule has 152 valence electrons. The Hall–Kier alpha value is -2.97. The van der Waals surface area contributed by atoms with Gasteiger partial charge in [-0.2, -0.15) is 9.82 Å². The lowest BCUT2D eigenvalue weighted by Crippen LogP contribution is -2.45. The summed E-state index contributed by atoms with van der Waals surface area (Å²) in [4.78, 5) is 12.7.